The Bertz CT molecular complexity index is 160. The van der Waals surface area contributed by atoms with Crippen molar-refractivity contribution in [2.45, 2.75) is 25.5 Å². The number of aliphatic hydroxyl groups is 1. The molecule has 0 amide bonds. The maximum Gasteiger partial charge on any atom is 0.144 e. The van der Waals surface area contributed by atoms with Crippen LogP contribution in [0.15, 0.2) is 12.7 Å². The highest BCUT2D eigenvalue weighted by atomic mass is 16.3. The van der Waals surface area contributed by atoms with Crippen LogP contribution in [0.2, 0.25) is 0 Å². The Balaban J connectivity index is 4.67. The van der Waals surface area contributed by atoms with Crippen molar-refractivity contribution in [3.05, 3.63) is 18.5 Å². The van der Waals surface area contributed by atoms with Crippen LogP contribution in [-0.4, -0.2) is 35.5 Å². The van der Waals surface area contributed by atoms with Crippen LogP contribution in [0.1, 0.15) is 13.8 Å². The van der Waals surface area contributed by atoms with E-state index in [1.807, 2.05) is 0 Å². The molecule has 0 saturated heterocycles. The van der Waals surface area contributed by atoms with Crippen LogP contribution >= 0.6 is 0 Å². The third kappa shape index (κ3) is 2.57. The van der Waals surface area contributed by atoms with Gasteiger partial charge in [-0.3, -0.25) is 0 Å². The molecule has 72 valence electrons. The average molecular weight is 173 g/mol. The highest BCUT2D eigenvalue weighted by molar-refractivity contribution is 4.92. The third-order valence-corrected chi connectivity index (χ3v) is 1.97. The Kier molecular flexibility index (Phi) is 3.41. The van der Waals surface area contributed by atoms with E-state index >= 15 is 0 Å². The molecular weight excluding hydrogens is 154 g/mol. The molecular formula is C8H19N3O. The van der Waals surface area contributed by atoms with Gasteiger partial charge in [-0.1, -0.05) is 6.58 Å². The summed E-state index contributed by atoms with van der Waals surface area (Å²) in [5.41, 5.74) is 1.83. The summed E-state index contributed by atoms with van der Waals surface area (Å²) in [6, 6.07) is -0.359. The maximum absolute atomic E-state index is 9.70. The highest BCUT2D eigenvalue weighted by Crippen LogP contribution is 2.19. The fraction of sp³-hybridized carbons (Fsp3) is 0.750. The summed E-state index contributed by atoms with van der Waals surface area (Å²) in [7, 11) is 3.33. The minimum Gasteiger partial charge on any atom is -0.447 e. The third-order valence-electron chi connectivity index (χ3n) is 1.97. The number of rotatable bonds is 4. The molecule has 0 saturated carbocycles. The van der Waals surface area contributed by atoms with Crippen molar-refractivity contribution in [3.8, 4) is 0 Å². The molecule has 0 aromatic heterocycles. The Morgan fingerprint density at radius 1 is 1.67 bits per heavy atom. The molecule has 0 bridgehead atoms. The fourth-order valence-electron chi connectivity index (χ4n) is 1.27. The van der Waals surface area contributed by atoms with E-state index in [4.69, 9.17) is 5.84 Å². The van der Waals surface area contributed by atoms with E-state index in [2.05, 4.69) is 12.0 Å². The van der Waals surface area contributed by atoms with Gasteiger partial charge >= 0.3 is 0 Å². The molecule has 0 rings (SSSR count). The number of quaternary nitrogens is 1. The summed E-state index contributed by atoms with van der Waals surface area (Å²) < 4.78 is -0.229. The van der Waals surface area contributed by atoms with Gasteiger partial charge in [-0.25, -0.2) is 0 Å². The predicted octanol–water partition coefficient (Wildman–Crippen LogP) is 0.860. The van der Waals surface area contributed by atoms with E-state index in [1.54, 1.807) is 34.0 Å². The molecule has 0 spiro atoms. The first-order valence-electron chi connectivity index (χ1n) is 3.91. The highest BCUT2D eigenvalue weighted by Gasteiger charge is 2.34. The van der Waals surface area contributed by atoms with Crippen LogP contribution in [0.4, 0.5) is 0 Å². The zero-order chi connectivity index (χ0) is 9.99. The topological polar surface area (TPSA) is 56.1 Å². The molecule has 0 radical (unpaired) electrons. The van der Waals surface area contributed by atoms with E-state index in [9.17, 15) is 5.11 Å². The Morgan fingerprint density at radius 2 is 2.08 bits per heavy atom. The van der Waals surface area contributed by atoms with Crippen LogP contribution in [0.5, 0.6) is 0 Å². The summed E-state index contributed by atoms with van der Waals surface area (Å²) in [5, 5.41) is 9.70. The van der Waals surface area contributed by atoms with Crippen LogP contribution in [0.3, 0.4) is 0 Å². The second kappa shape index (κ2) is 3.53. The largest absolute Gasteiger partial charge is 0.447 e. The summed E-state index contributed by atoms with van der Waals surface area (Å²) >= 11 is 0. The van der Waals surface area contributed by atoms with E-state index in [-0.39, 0.29) is 10.7 Å². The molecule has 0 aromatic rings. The number of nitrogens with one attached hydrogen (secondary N) is 2. The molecule has 0 aliphatic rings. The number of hydrogen-bond donors (Lipinski definition) is 2. The Hall–Kier alpha value is -0.420. The van der Waals surface area contributed by atoms with Crippen molar-refractivity contribution < 1.29 is 9.81 Å². The molecule has 4 heteroatoms. The van der Waals surface area contributed by atoms with Gasteiger partial charge in [0.2, 0.25) is 0 Å². The minimum absolute atomic E-state index is 0.229. The Morgan fingerprint density at radius 3 is 2.17 bits per heavy atom. The van der Waals surface area contributed by atoms with E-state index in [0.29, 0.717) is 0 Å². The first kappa shape index (κ1) is 11.6. The van der Waals surface area contributed by atoms with Crippen molar-refractivity contribution >= 4 is 0 Å². The van der Waals surface area contributed by atoms with Gasteiger partial charge in [0.1, 0.15) is 11.6 Å². The molecule has 2 atom stereocenters. The lowest BCUT2D eigenvalue weighted by atomic mass is 9.98. The molecule has 0 aliphatic heterocycles. The van der Waals surface area contributed by atoms with E-state index in [1.165, 1.54) is 0 Å². The molecule has 0 fully saturated rings. The van der Waals surface area contributed by atoms with Crippen molar-refractivity contribution in [2.75, 3.05) is 14.1 Å². The minimum atomic E-state index is -0.943. The molecule has 0 aromatic carbocycles. The molecule has 12 heavy (non-hydrogen) atoms. The number of nitrogens with zero attached hydrogens (tertiary/aromatic N) is 1. The second-order valence-corrected chi connectivity index (χ2v) is 3.63. The van der Waals surface area contributed by atoms with Crippen molar-refractivity contribution in [2.24, 2.45) is 0 Å². The van der Waals surface area contributed by atoms with Crippen molar-refractivity contribution in [1.29, 1.82) is 0 Å². The van der Waals surface area contributed by atoms with Gasteiger partial charge in [-0.2, -0.15) is 5.43 Å². The standard InChI is InChI=1S/C8H19N3O/c1-6-7(8(2,3)12)11(5,9)10-4/h6-7,12H,1H2,2-5H3,(H2,9,10). The Labute approximate surface area is 74.2 Å². The van der Waals surface area contributed by atoms with Crippen molar-refractivity contribution in [3.63, 3.8) is 0 Å². The van der Waals surface area contributed by atoms with Gasteiger partial charge in [0.25, 0.3) is 0 Å². The smallest absolute Gasteiger partial charge is 0.144 e. The van der Waals surface area contributed by atoms with Gasteiger partial charge in [0, 0.05) is 7.05 Å². The second-order valence-electron chi connectivity index (χ2n) is 3.63. The predicted molar refractivity (Wildman–Crippen MR) is 49.8 cm³/mol. The quantitative estimate of drug-likeness (QED) is 0.376. The number of hydrogen-bond acceptors (Lipinski definition) is 2. The molecule has 0 aliphatic carbocycles. The van der Waals surface area contributed by atoms with Crippen LogP contribution < -0.4 is 5.43 Å². The van der Waals surface area contributed by atoms with Crippen LogP contribution in [0, 0.1) is 0 Å². The van der Waals surface area contributed by atoms with Crippen LogP contribution in [0.25, 0.3) is 5.84 Å². The first-order valence-corrected chi connectivity index (χ1v) is 3.91. The van der Waals surface area contributed by atoms with Gasteiger partial charge in [-0.05, 0) is 19.9 Å². The first-order chi connectivity index (χ1) is 5.25. The summed E-state index contributed by atoms with van der Waals surface area (Å²) in [4.78, 5) is 0. The van der Waals surface area contributed by atoms with E-state index in [0.717, 1.165) is 0 Å². The normalized spacial score (nSPS) is 19.8. The van der Waals surface area contributed by atoms with Crippen LogP contribution in [-0.2, 0) is 0 Å². The lowest BCUT2D eigenvalue weighted by molar-refractivity contribution is -0.927. The maximum atomic E-state index is 9.70. The monoisotopic (exact) mass is 173 g/mol. The molecule has 0 heterocycles. The zero-order valence-electron chi connectivity index (χ0n) is 8.26. The van der Waals surface area contributed by atoms with Gasteiger partial charge < -0.3 is 15.7 Å². The van der Waals surface area contributed by atoms with Gasteiger partial charge in [0.15, 0.2) is 0 Å². The fourth-order valence-corrected chi connectivity index (χ4v) is 1.27. The molecule has 3 N–H and O–H groups in total. The zero-order valence-corrected chi connectivity index (χ0v) is 8.26. The average Bonchev–Trinajstić information content (AvgIpc) is 1.85. The van der Waals surface area contributed by atoms with E-state index < -0.39 is 5.60 Å². The molecule has 2 unspecified atom stereocenters. The number of likely N-dealkylation sites (N-methyl/N-ethyl adjacent to an activating group) is 1. The SMILES string of the molecule is C=CC(C(C)(C)O)[N+](C)([NH-])NC. The summed E-state index contributed by atoms with van der Waals surface area (Å²) in [6.07, 6.45) is 1.59. The van der Waals surface area contributed by atoms with Gasteiger partial charge in [0.05, 0.1) is 7.05 Å². The summed E-state index contributed by atoms with van der Waals surface area (Å²) in [5.74, 6) is 7.78. The molecule has 4 nitrogen and oxygen atoms in total. The lowest BCUT2D eigenvalue weighted by Crippen LogP contribution is -2.60. The lowest BCUT2D eigenvalue weighted by Gasteiger charge is -2.46. The van der Waals surface area contributed by atoms with Gasteiger partial charge in [-0.15, -0.1) is 0 Å². The van der Waals surface area contributed by atoms with Crippen molar-refractivity contribution in [1.82, 2.24) is 5.43 Å². The summed E-state index contributed by atoms with van der Waals surface area (Å²) in [6.45, 7) is 6.94.